The summed E-state index contributed by atoms with van der Waals surface area (Å²) in [6.07, 6.45) is 0.0839. The van der Waals surface area contributed by atoms with Crippen molar-refractivity contribution in [2.24, 2.45) is 11.8 Å². The molecule has 0 unspecified atom stereocenters. The maximum Gasteiger partial charge on any atom is 0.508 e. The van der Waals surface area contributed by atoms with Gasteiger partial charge < -0.3 is 29.0 Å². The molecule has 0 saturated heterocycles. The van der Waals surface area contributed by atoms with Crippen LogP contribution in [0.15, 0.2) is 18.2 Å². The highest BCUT2D eigenvalue weighted by Gasteiger charge is 2.22. The van der Waals surface area contributed by atoms with E-state index in [0.29, 0.717) is 12.0 Å². The fraction of sp³-hybridized carbons (Fsp3) is 0.583. The molecule has 0 fully saturated rings. The van der Waals surface area contributed by atoms with Gasteiger partial charge in [0.05, 0.1) is 25.6 Å². The first-order valence-electron chi connectivity index (χ1n) is 11.3. The lowest BCUT2D eigenvalue weighted by atomic mass is 10.0. The maximum absolute atomic E-state index is 12.3. The Labute approximate surface area is 200 Å². The molecule has 1 atom stereocenters. The van der Waals surface area contributed by atoms with Crippen molar-refractivity contribution in [3.05, 3.63) is 23.8 Å². The van der Waals surface area contributed by atoms with Gasteiger partial charge in [0.2, 0.25) is 0 Å². The maximum atomic E-state index is 12.3. The summed E-state index contributed by atoms with van der Waals surface area (Å²) >= 11 is 0. The Morgan fingerprint density at radius 2 is 1.44 bits per heavy atom. The summed E-state index contributed by atoms with van der Waals surface area (Å²) in [7, 11) is 1.26. The number of ether oxygens (including phenoxy) is 5. The number of benzene rings is 1. The first-order chi connectivity index (χ1) is 16.1. The van der Waals surface area contributed by atoms with E-state index in [-0.39, 0.29) is 43.6 Å². The van der Waals surface area contributed by atoms with Crippen molar-refractivity contribution in [2.45, 2.75) is 53.5 Å². The summed E-state index contributed by atoms with van der Waals surface area (Å²) in [6, 6.07) is 3.95. The van der Waals surface area contributed by atoms with Crippen LogP contribution < -0.4 is 14.8 Å². The number of rotatable bonds is 13. The molecule has 190 valence electrons. The topological polar surface area (TPSA) is 126 Å². The van der Waals surface area contributed by atoms with Crippen LogP contribution in [0, 0.1) is 11.8 Å². The lowest BCUT2D eigenvalue weighted by molar-refractivity contribution is -0.143. The zero-order valence-corrected chi connectivity index (χ0v) is 20.7. The molecule has 10 nitrogen and oxygen atoms in total. The van der Waals surface area contributed by atoms with Gasteiger partial charge in [0, 0.05) is 6.54 Å². The van der Waals surface area contributed by atoms with Gasteiger partial charge in [-0.1, -0.05) is 40.7 Å². The summed E-state index contributed by atoms with van der Waals surface area (Å²) in [6.45, 7) is 9.06. The zero-order chi connectivity index (χ0) is 25.7. The third-order valence-corrected chi connectivity index (χ3v) is 4.43. The van der Waals surface area contributed by atoms with Crippen molar-refractivity contribution < 1.29 is 42.9 Å². The number of methoxy groups -OCH3 is 1. The second-order valence-corrected chi connectivity index (χ2v) is 8.11. The van der Waals surface area contributed by atoms with E-state index in [9.17, 15) is 19.2 Å². The molecule has 1 N–H and O–H groups in total. The highest BCUT2D eigenvalue weighted by molar-refractivity contribution is 5.78. The molecular weight excluding hydrogens is 446 g/mol. The molecule has 0 aliphatic carbocycles. The zero-order valence-electron chi connectivity index (χ0n) is 20.7. The summed E-state index contributed by atoms with van der Waals surface area (Å²) in [5, 5.41) is 2.97. The van der Waals surface area contributed by atoms with Crippen molar-refractivity contribution in [2.75, 3.05) is 26.9 Å². The van der Waals surface area contributed by atoms with E-state index < -0.39 is 36.0 Å². The number of hydrogen-bond donors (Lipinski definition) is 1. The monoisotopic (exact) mass is 481 g/mol. The Balaban J connectivity index is 2.95. The molecule has 0 radical (unpaired) electrons. The average molecular weight is 482 g/mol. The van der Waals surface area contributed by atoms with Gasteiger partial charge in [0.1, 0.15) is 12.6 Å². The molecule has 1 aromatic rings. The number of esters is 3. The van der Waals surface area contributed by atoms with E-state index in [1.807, 2.05) is 6.92 Å². The van der Waals surface area contributed by atoms with Crippen LogP contribution in [0.5, 0.6) is 11.5 Å². The first kappa shape index (κ1) is 28.9. The molecule has 0 spiro atoms. The van der Waals surface area contributed by atoms with Crippen molar-refractivity contribution in [3.63, 3.8) is 0 Å². The molecule has 1 rings (SSSR count). The van der Waals surface area contributed by atoms with Gasteiger partial charge in [0.25, 0.3) is 0 Å². The van der Waals surface area contributed by atoms with E-state index in [1.54, 1.807) is 39.8 Å². The molecule has 0 saturated carbocycles. The van der Waals surface area contributed by atoms with Gasteiger partial charge in [-0.15, -0.1) is 0 Å². The summed E-state index contributed by atoms with van der Waals surface area (Å²) in [5.74, 6) is -2.07. The predicted molar refractivity (Wildman–Crippen MR) is 122 cm³/mol. The summed E-state index contributed by atoms with van der Waals surface area (Å²) in [5.41, 5.74) is 0.627. The molecule has 0 aliphatic rings. The lowest BCUT2D eigenvalue weighted by Crippen LogP contribution is -2.41. The normalized spacial score (nSPS) is 11.6. The smallest absolute Gasteiger partial charge is 0.468 e. The van der Waals surface area contributed by atoms with E-state index in [2.05, 4.69) is 5.32 Å². The predicted octanol–water partition coefficient (Wildman–Crippen LogP) is 3.05. The van der Waals surface area contributed by atoms with Crippen molar-refractivity contribution in [1.82, 2.24) is 5.32 Å². The number of carbonyl (C=O) groups is 4. The standard InChI is InChI=1S/C24H35NO9/c1-7-11-31-24(29)32-12-10-25-18(23(28)30-6)13-17-8-9-19(33-21(26)15(2)3)20(14-17)34-22(27)16(4)5/h8-9,14-16,18,25H,7,10-13H2,1-6H3/t18-/m0/s1. The molecule has 10 heteroatoms. The molecule has 0 amide bonds. The van der Waals surface area contributed by atoms with E-state index in [0.717, 1.165) is 0 Å². The number of nitrogens with one attached hydrogen (secondary N) is 1. The lowest BCUT2D eigenvalue weighted by Gasteiger charge is -2.18. The van der Waals surface area contributed by atoms with Crippen LogP contribution in [0.2, 0.25) is 0 Å². The minimum atomic E-state index is -0.776. The Morgan fingerprint density at radius 1 is 0.853 bits per heavy atom. The van der Waals surface area contributed by atoms with Gasteiger partial charge in [0.15, 0.2) is 11.5 Å². The molecule has 0 bridgehead atoms. The Morgan fingerprint density at radius 3 is 2.00 bits per heavy atom. The Kier molecular flexibility index (Phi) is 12.7. The second kappa shape index (κ2) is 14.9. The summed E-state index contributed by atoms with van der Waals surface area (Å²) < 4.78 is 25.4. The van der Waals surface area contributed by atoms with E-state index in [4.69, 9.17) is 23.7 Å². The van der Waals surface area contributed by atoms with Crippen LogP contribution in [0.4, 0.5) is 4.79 Å². The highest BCUT2D eigenvalue weighted by Crippen LogP contribution is 2.30. The van der Waals surface area contributed by atoms with Gasteiger partial charge >= 0.3 is 24.1 Å². The summed E-state index contributed by atoms with van der Waals surface area (Å²) in [4.78, 5) is 47.9. The van der Waals surface area contributed by atoms with Crippen LogP contribution in [-0.4, -0.2) is 57.0 Å². The number of carbonyl (C=O) groups excluding carboxylic acids is 4. The van der Waals surface area contributed by atoms with Gasteiger partial charge in [-0.2, -0.15) is 0 Å². The van der Waals surface area contributed by atoms with Crippen molar-refractivity contribution >= 4 is 24.1 Å². The van der Waals surface area contributed by atoms with Gasteiger partial charge in [-0.05, 0) is 30.5 Å². The largest absolute Gasteiger partial charge is 0.508 e. The fourth-order valence-electron chi connectivity index (χ4n) is 2.51. The van der Waals surface area contributed by atoms with Crippen LogP contribution in [-0.2, 0) is 35.0 Å². The molecule has 1 aromatic carbocycles. The first-order valence-corrected chi connectivity index (χ1v) is 11.3. The second-order valence-electron chi connectivity index (χ2n) is 8.11. The van der Waals surface area contributed by atoms with Crippen molar-refractivity contribution in [3.8, 4) is 11.5 Å². The third-order valence-electron chi connectivity index (χ3n) is 4.43. The molecule has 0 aliphatic heterocycles. The van der Waals surface area contributed by atoms with Crippen LogP contribution in [0.25, 0.3) is 0 Å². The Bertz CT molecular complexity index is 836. The molecular formula is C24H35NO9. The van der Waals surface area contributed by atoms with Crippen molar-refractivity contribution in [1.29, 1.82) is 0 Å². The minimum Gasteiger partial charge on any atom is -0.468 e. The molecule has 34 heavy (non-hydrogen) atoms. The highest BCUT2D eigenvalue weighted by atomic mass is 16.7. The minimum absolute atomic E-state index is 0.00259. The quantitative estimate of drug-likeness (QED) is 0.255. The van der Waals surface area contributed by atoms with E-state index in [1.165, 1.54) is 13.2 Å². The Hall–Kier alpha value is -3.14. The SMILES string of the molecule is CCCOC(=O)OCCN[C@@H](Cc1ccc(OC(=O)C(C)C)c(OC(=O)C(C)C)c1)C(=O)OC. The van der Waals surface area contributed by atoms with Crippen LogP contribution in [0.1, 0.15) is 46.6 Å². The number of hydrogen-bond acceptors (Lipinski definition) is 10. The average Bonchev–Trinajstić information content (AvgIpc) is 2.80. The van der Waals surface area contributed by atoms with Gasteiger partial charge in [-0.25, -0.2) is 4.79 Å². The molecule has 0 heterocycles. The molecule has 0 aromatic heterocycles. The van der Waals surface area contributed by atoms with Gasteiger partial charge in [-0.3, -0.25) is 14.4 Å². The third kappa shape index (κ3) is 10.2. The van der Waals surface area contributed by atoms with Crippen LogP contribution >= 0.6 is 0 Å². The fourth-order valence-corrected chi connectivity index (χ4v) is 2.51. The van der Waals surface area contributed by atoms with E-state index >= 15 is 0 Å². The van der Waals surface area contributed by atoms with Crippen LogP contribution in [0.3, 0.4) is 0 Å².